The maximum absolute atomic E-state index is 12.5. The number of halogens is 2. The van der Waals surface area contributed by atoms with Crippen LogP contribution < -0.4 is 5.32 Å². The van der Waals surface area contributed by atoms with E-state index in [-0.39, 0.29) is 0 Å². The Bertz CT molecular complexity index is 594. The normalized spacial score (nSPS) is 14.4. The summed E-state index contributed by atoms with van der Waals surface area (Å²) in [6.45, 7) is 0.645. The summed E-state index contributed by atoms with van der Waals surface area (Å²) in [4.78, 5) is 0.585. The fourth-order valence-electron chi connectivity index (χ4n) is 2.33. The molecule has 0 spiro atoms. The van der Waals surface area contributed by atoms with Gasteiger partial charge in [0.25, 0.3) is 5.76 Å². The Balaban J connectivity index is 1.64. The summed E-state index contributed by atoms with van der Waals surface area (Å²) >= 11 is 0.579. The lowest BCUT2D eigenvalue weighted by Gasteiger charge is -2.11. The Hall–Kier alpha value is -1.55. The van der Waals surface area contributed by atoms with Gasteiger partial charge in [-0.2, -0.15) is 8.78 Å². The summed E-state index contributed by atoms with van der Waals surface area (Å²) in [5.41, 5.74) is 3.33. The van der Waals surface area contributed by atoms with Gasteiger partial charge < -0.3 is 5.32 Å². The van der Waals surface area contributed by atoms with Gasteiger partial charge in [-0.1, -0.05) is 48.2 Å². The molecule has 1 fully saturated rings. The lowest BCUT2D eigenvalue weighted by molar-refractivity contribution is 0.252. The van der Waals surface area contributed by atoms with Crippen LogP contribution in [0.15, 0.2) is 53.4 Å². The molecule has 2 aromatic carbocycles. The molecule has 3 rings (SSSR count). The average molecular weight is 305 g/mol. The van der Waals surface area contributed by atoms with Crippen molar-refractivity contribution in [2.45, 2.75) is 36.0 Å². The van der Waals surface area contributed by atoms with Gasteiger partial charge in [0, 0.05) is 17.1 Å². The standard InChI is InChI=1S/C17H17F2NS/c18-17(19)21-16-4-2-1-3-15(16)20-11-12-5-7-13(8-6-12)14-9-10-14/h1-8,14,17,20H,9-11H2. The molecule has 1 aliphatic rings. The Labute approximate surface area is 127 Å². The molecule has 0 radical (unpaired) electrons. The SMILES string of the molecule is FC(F)Sc1ccccc1NCc1ccc(C2CC2)cc1. The molecule has 1 N–H and O–H groups in total. The van der Waals surface area contributed by atoms with Gasteiger partial charge in [0.15, 0.2) is 0 Å². The number of para-hydroxylation sites is 1. The van der Waals surface area contributed by atoms with Crippen LogP contribution in [0.5, 0.6) is 0 Å². The molecule has 1 saturated carbocycles. The molecule has 0 unspecified atom stereocenters. The van der Waals surface area contributed by atoms with Crippen molar-refractivity contribution < 1.29 is 8.78 Å². The van der Waals surface area contributed by atoms with Crippen LogP contribution in [0.1, 0.15) is 29.9 Å². The lowest BCUT2D eigenvalue weighted by Crippen LogP contribution is -2.01. The topological polar surface area (TPSA) is 12.0 Å². The third-order valence-corrected chi connectivity index (χ3v) is 4.40. The first-order valence-electron chi connectivity index (χ1n) is 7.09. The second kappa shape index (κ2) is 6.48. The van der Waals surface area contributed by atoms with E-state index in [1.165, 1.54) is 18.4 Å². The van der Waals surface area contributed by atoms with Crippen molar-refractivity contribution in [1.82, 2.24) is 0 Å². The van der Waals surface area contributed by atoms with Crippen molar-refractivity contribution in [3.8, 4) is 0 Å². The molecule has 1 aliphatic carbocycles. The number of nitrogens with one attached hydrogen (secondary N) is 1. The maximum atomic E-state index is 12.5. The molecule has 0 bridgehead atoms. The van der Waals surface area contributed by atoms with Gasteiger partial charge in [-0.15, -0.1) is 0 Å². The molecule has 21 heavy (non-hydrogen) atoms. The van der Waals surface area contributed by atoms with Gasteiger partial charge in [0.2, 0.25) is 0 Å². The summed E-state index contributed by atoms with van der Waals surface area (Å²) in [7, 11) is 0. The van der Waals surface area contributed by atoms with Gasteiger partial charge in [-0.05, 0) is 42.0 Å². The van der Waals surface area contributed by atoms with Crippen LogP contribution in [0.2, 0.25) is 0 Å². The van der Waals surface area contributed by atoms with E-state index in [0.717, 1.165) is 17.2 Å². The smallest absolute Gasteiger partial charge is 0.288 e. The van der Waals surface area contributed by atoms with E-state index in [4.69, 9.17) is 0 Å². The first kappa shape index (κ1) is 14.4. The van der Waals surface area contributed by atoms with Crippen molar-refractivity contribution in [3.63, 3.8) is 0 Å². The molecular weight excluding hydrogens is 288 g/mol. The minimum Gasteiger partial charge on any atom is -0.380 e. The van der Waals surface area contributed by atoms with E-state index in [1.54, 1.807) is 12.1 Å². The van der Waals surface area contributed by atoms with Crippen molar-refractivity contribution >= 4 is 17.4 Å². The Morgan fingerprint density at radius 2 is 1.76 bits per heavy atom. The number of hydrogen-bond acceptors (Lipinski definition) is 2. The Morgan fingerprint density at radius 1 is 1.05 bits per heavy atom. The molecule has 0 amide bonds. The zero-order valence-electron chi connectivity index (χ0n) is 11.6. The largest absolute Gasteiger partial charge is 0.380 e. The highest BCUT2D eigenvalue weighted by molar-refractivity contribution is 7.99. The van der Waals surface area contributed by atoms with Crippen LogP contribution in [-0.2, 0) is 6.54 Å². The second-order valence-electron chi connectivity index (χ2n) is 5.24. The molecule has 0 aliphatic heterocycles. The van der Waals surface area contributed by atoms with Crippen LogP contribution in [0.25, 0.3) is 0 Å². The first-order valence-corrected chi connectivity index (χ1v) is 7.97. The zero-order valence-corrected chi connectivity index (χ0v) is 12.4. The van der Waals surface area contributed by atoms with Crippen LogP contribution in [0.3, 0.4) is 0 Å². The van der Waals surface area contributed by atoms with E-state index < -0.39 is 5.76 Å². The van der Waals surface area contributed by atoms with Crippen LogP contribution in [0.4, 0.5) is 14.5 Å². The minimum atomic E-state index is -2.40. The fraction of sp³-hybridized carbons (Fsp3) is 0.294. The molecule has 1 nitrogen and oxygen atoms in total. The highest BCUT2D eigenvalue weighted by Gasteiger charge is 2.22. The van der Waals surface area contributed by atoms with Crippen molar-refractivity contribution in [1.29, 1.82) is 0 Å². The number of benzene rings is 2. The van der Waals surface area contributed by atoms with Crippen molar-refractivity contribution in [2.24, 2.45) is 0 Å². The number of rotatable bonds is 6. The molecule has 4 heteroatoms. The van der Waals surface area contributed by atoms with Crippen LogP contribution in [-0.4, -0.2) is 5.76 Å². The number of thioether (sulfide) groups is 1. The maximum Gasteiger partial charge on any atom is 0.288 e. The number of alkyl halides is 2. The summed E-state index contributed by atoms with van der Waals surface area (Å²) < 4.78 is 25.0. The zero-order chi connectivity index (χ0) is 14.7. The molecule has 0 atom stereocenters. The van der Waals surface area contributed by atoms with E-state index in [9.17, 15) is 8.78 Å². The third kappa shape index (κ3) is 3.97. The Morgan fingerprint density at radius 3 is 2.43 bits per heavy atom. The molecule has 110 valence electrons. The summed E-state index contributed by atoms with van der Waals surface area (Å²) in [6, 6.07) is 15.8. The second-order valence-corrected chi connectivity index (χ2v) is 6.28. The van der Waals surface area contributed by atoms with Gasteiger partial charge >= 0.3 is 0 Å². The molecule has 2 aromatic rings. The lowest BCUT2D eigenvalue weighted by atomic mass is 10.1. The molecule has 0 heterocycles. The minimum absolute atomic E-state index is 0.579. The predicted molar refractivity (Wildman–Crippen MR) is 84.0 cm³/mol. The van der Waals surface area contributed by atoms with Gasteiger partial charge in [-0.3, -0.25) is 0 Å². The fourth-order valence-corrected chi connectivity index (χ4v) is 2.95. The van der Waals surface area contributed by atoms with Gasteiger partial charge in [-0.25, -0.2) is 0 Å². The Kier molecular flexibility index (Phi) is 4.44. The van der Waals surface area contributed by atoms with Gasteiger partial charge in [0.1, 0.15) is 0 Å². The van der Waals surface area contributed by atoms with E-state index in [1.807, 2.05) is 12.1 Å². The predicted octanol–water partition coefficient (Wildman–Crippen LogP) is 5.49. The van der Waals surface area contributed by atoms with Crippen LogP contribution >= 0.6 is 11.8 Å². The third-order valence-electron chi connectivity index (χ3n) is 3.61. The van der Waals surface area contributed by atoms with Crippen LogP contribution in [0, 0.1) is 0 Å². The highest BCUT2D eigenvalue weighted by atomic mass is 32.2. The summed E-state index contributed by atoms with van der Waals surface area (Å²) in [5, 5.41) is 3.25. The summed E-state index contributed by atoms with van der Waals surface area (Å²) in [5.74, 6) is -1.64. The van der Waals surface area contributed by atoms with Crippen molar-refractivity contribution in [3.05, 3.63) is 59.7 Å². The molecule has 0 aromatic heterocycles. The number of hydrogen-bond donors (Lipinski definition) is 1. The first-order chi connectivity index (χ1) is 10.2. The van der Waals surface area contributed by atoms with Crippen molar-refractivity contribution in [2.75, 3.05) is 5.32 Å². The quantitative estimate of drug-likeness (QED) is 0.708. The summed E-state index contributed by atoms with van der Waals surface area (Å²) in [6.07, 6.45) is 2.60. The van der Waals surface area contributed by atoms with E-state index in [0.29, 0.717) is 23.2 Å². The van der Waals surface area contributed by atoms with Gasteiger partial charge in [0.05, 0.1) is 0 Å². The van der Waals surface area contributed by atoms with E-state index in [2.05, 4.69) is 29.6 Å². The monoisotopic (exact) mass is 305 g/mol. The highest BCUT2D eigenvalue weighted by Crippen LogP contribution is 2.40. The number of anilines is 1. The molecule has 0 saturated heterocycles. The molecular formula is C17H17F2NS. The average Bonchev–Trinajstić information content (AvgIpc) is 3.31. The van der Waals surface area contributed by atoms with E-state index >= 15 is 0 Å².